The number of anilines is 2. The van der Waals surface area contributed by atoms with Gasteiger partial charge in [-0.2, -0.15) is 0 Å². The van der Waals surface area contributed by atoms with E-state index < -0.39 is 10.0 Å². The molecule has 3 rings (SSSR count). The highest BCUT2D eigenvalue weighted by Crippen LogP contribution is 2.25. The van der Waals surface area contributed by atoms with E-state index in [1.807, 2.05) is 42.5 Å². The van der Waals surface area contributed by atoms with Crippen LogP contribution in [0.5, 0.6) is 0 Å². The van der Waals surface area contributed by atoms with Crippen LogP contribution >= 0.6 is 0 Å². The molecule has 0 atom stereocenters. The second kappa shape index (κ2) is 5.77. The summed E-state index contributed by atoms with van der Waals surface area (Å²) in [6, 6.07) is 14.9. The molecule has 1 aliphatic heterocycles. The summed E-state index contributed by atoms with van der Waals surface area (Å²) >= 11 is 0. The van der Waals surface area contributed by atoms with E-state index in [4.69, 9.17) is 0 Å². The van der Waals surface area contributed by atoms with Crippen LogP contribution in [0.1, 0.15) is 17.5 Å². The summed E-state index contributed by atoms with van der Waals surface area (Å²) in [6.45, 7) is 0.978. The van der Waals surface area contributed by atoms with Crippen LogP contribution in [0, 0.1) is 0 Å². The molecule has 0 spiro atoms. The third-order valence-corrected chi connectivity index (χ3v) is 4.78. The normalized spacial score (nSPS) is 14.1. The third kappa shape index (κ3) is 3.55. The fourth-order valence-corrected chi connectivity index (χ4v) is 3.74. The molecular formula is C16H18N2O2S. The molecular weight excluding hydrogens is 284 g/mol. The quantitative estimate of drug-likeness (QED) is 0.913. The Morgan fingerprint density at radius 1 is 1.10 bits per heavy atom. The van der Waals surface area contributed by atoms with Crippen molar-refractivity contribution in [3.63, 3.8) is 0 Å². The molecule has 1 heterocycles. The summed E-state index contributed by atoms with van der Waals surface area (Å²) in [4.78, 5) is 0. The Hall–Kier alpha value is -2.01. The van der Waals surface area contributed by atoms with Crippen molar-refractivity contribution in [2.45, 2.75) is 18.6 Å². The molecule has 2 N–H and O–H groups in total. The highest BCUT2D eigenvalue weighted by atomic mass is 32.2. The maximum Gasteiger partial charge on any atom is 0.236 e. The fourth-order valence-electron chi connectivity index (χ4n) is 2.55. The zero-order valence-corrected chi connectivity index (χ0v) is 12.5. The average molecular weight is 302 g/mol. The van der Waals surface area contributed by atoms with Crippen LogP contribution in [-0.2, 0) is 22.2 Å². The van der Waals surface area contributed by atoms with Crippen molar-refractivity contribution >= 4 is 21.4 Å². The van der Waals surface area contributed by atoms with Crippen LogP contribution in [0.2, 0.25) is 0 Å². The zero-order chi connectivity index (χ0) is 14.7. The lowest BCUT2D eigenvalue weighted by Crippen LogP contribution is -2.16. The summed E-state index contributed by atoms with van der Waals surface area (Å²) in [5.41, 5.74) is 3.69. The number of hydrogen-bond acceptors (Lipinski definition) is 3. The number of benzene rings is 2. The van der Waals surface area contributed by atoms with Gasteiger partial charge in [-0.05, 0) is 42.2 Å². The third-order valence-electron chi connectivity index (χ3n) is 3.52. The van der Waals surface area contributed by atoms with Crippen molar-refractivity contribution < 1.29 is 8.42 Å². The van der Waals surface area contributed by atoms with Gasteiger partial charge in [0.05, 0.1) is 5.75 Å². The standard InChI is InChI=1S/C16H18N2O2S/c19-21(20,12-13-5-2-1-3-6-13)18-15-8-9-16-14(11-15)7-4-10-17-16/h1-3,5-6,8-9,11,17-18H,4,7,10,12H2. The van der Waals surface area contributed by atoms with Crippen molar-refractivity contribution in [2.24, 2.45) is 0 Å². The van der Waals surface area contributed by atoms with E-state index in [0.29, 0.717) is 5.69 Å². The monoisotopic (exact) mass is 302 g/mol. The summed E-state index contributed by atoms with van der Waals surface area (Å²) in [6.07, 6.45) is 2.06. The first-order valence-corrected chi connectivity index (χ1v) is 8.69. The molecule has 0 amide bonds. The summed E-state index contributed by atoms with van der Waals surface area (Å²) in [5, 5.41) is 3.32. The number of sulfonamides is 1. The van der Waals surface area contributed by atoms with Crippen LogP contribution in [0.15, 0.2) is 48.5 Å². The topological polar surface area (TPSA) is 58.2 Å². The minimum Gasteiger partial charge on any atom is -0.385 e. The molecule has 0 aromatic heterocycles. The summed E-state index contributed by atoms with van der Waals surface area (Å²) in [5.74, 6) is -0.0107. The van der Waals surface area contributed by atoms with Crippen molar-refractivity contribution in [2.75, 3.05) is 16.6 Å². The molecule has 2 aromatic carbocycles. The van der Waals surface area contributed by atoms with Gasteiger partial charge in [-0.15, -0.1) is 0 Å². The van der Waals surface area contributed by atoms with E-state index in [-0.39, 0.29) is 5.75 Å². The van der Waals surface area contributed by atoms with Crippen LogP contribution in [0.3, 0.4) is 0 Å². The van der Waals surface area contributed by atoms with Gasteiger partial charge in [0.25, 0.3) is 0 Å². The first kappa shape index (κ1) is 13.9. The summed E-state index contributed by atoms with van der Waals surface area (Å²) in [7, 11) is -3.38. The van der Waals surface area contributed by atoms with Gasteiger partial charge in [0.2, 0.25) is 10.0 Å². The fraction of sp³-hybridized carbons (Fsp3) is 0.250. The second-order valence-electron chi connectivity index (χ2n) is 5.25. The van der Waals surface area contributed by atoms with E-state index in [2.05, 4.69) is 10.0 Å². The molecule has 4 nitrogen and oxygen atoms in total. The minimum absolute atomic E-state index is 0.0107. The SMILES string of the molecule is O=S(=O)(Cc1ccccc1)Nc1ccc2c(c1)CCCN2. The molecule has 0 radical (unpaired) electrons. The number of fused-ring (bicyclic) bond motifs is 1. The second-order valence-corrected chi connectivity index (χ2v) is 6.97. The first-order valence-electron chi connectivity index (χ1n) is 7.04. The maximum absolute atomic E-state index is 12.2. The minimum atomic E-state index is -3.38. The molecule has 110 valence electrons. The molecule has 0 saturated carbocycles. The van der Waals surface area contributed by atoms with Gasteiger partial charge < -0.3 is 5.32 Å². The Labute approximate surface area is 125 Å². The van der Waals surface area contributed by atoms with Crippen LogP contribution in [0.25, 0.3) is 0 Å². The number of nitrogens with one attached hydrogen (secondary N) is 2. The number of rotatable bonds is 4. The predicted octanol–water partition coefficient (Wildman–Crippen LogP) is 2.99. The van der Waals surface area contributed by atoms with Gasteiger partial charge in [-0.3, -0.25) is 4.72 Å². The molecule has 21 heavy (non-hydrogen) atoms. The van der Waals surface area contributed by atoms with Gasteiger partial charge in [0.1, 0.15) is 0 Å². The van der Waals surface area contributed by atoms with Crippen LogP contribution in [0.4, 0.5) is 11.4 Å². The smallest absolute Gasteiger partial charge is 0.236 e. The highest BCUT2D eigenvalue weighted by molar-refractivity contribution is 7.91. The largest absolute Gasteiger partial charge is 0.385 e. The van der Waals surface area contributed by atoms with Gasteiger partial charge in [0.15, 0.2) is 0 Å². The van der Waals surface area contributed by atoms with Crippen LogP contribution in [-0.4, -0.2) is 15.0 Å². The van der Waals surface area contributed by atoms with E-state index in [0.717, 1.165) is 30.6 Å². The Balaban J connectivity index is 1.76. The highest BCUT2D eigenvalue weighted by Gasteiger charge is 2.14. The lowest BCUT2D eigenvalue weighted by molar-refractivity contribution is 0.600. The van der Waals surface area contributed by atoms with Crippen LogP contribution < -0.4 is 10.0 Å². The number of hydrogen-bond donors (Lipinski definition) is 2. The van der Waals surface area contributed by atoms with E-state index in [1.54, 1.807) is 6.07 Å². The molecule has 5 heteroatoms. The first-order chi connectivity index (χ1) is 10.1. The van der Waals surface area contributed by atoms with Gasteiger partial charge in [0, 0.05) is 17.9 Å². The zero-order valence-electron chi connectivity index (χ0n) is 11.7. The van der Waals surface area contributed by atoms with Crippen molar-refractivity contribution in [3.8, 4) is 0 Å². The molecule has 0 saturated heterocycles. The van der Waals surface area contributed by atoms with Gasteiger partial charge >= 0.3 is 0 Å². The van der Waals surface area contributed by atoms with E-state index in [9.17, 15) is 8.42 Å². The Morgan fingerprint density at radius 2 is 1.90 bits per heavy atom. The van der Waals surface area contributed by atoms with E-state index in [1.165, 1.54) is 5.56 Å². The maximum atomic E-state index is 12.2. The molecule has 0 unspecified atom stereocenters. The lowest BCUT2D eigenvalue weighted by Gasteiger charge is -2.19. The lowest BCUT2D eigenvalue weighted by atomic mass is 10.0. The Bertz CT molecular complexity index is 727. The molecule has 0 bridgehead atoms. The Morgan fingerprint density at radius 3 is 2.71 bits per heavy atom. The van der Waals surface area contributed by atoms with Gasteiger partial charge in [-0.25, -0.2) is 8.42 Å². The molecule has 2 aromatic rings. The van der Waals surface area contributed by atoms with E-state index >= 15 is 0 Å². The van der Waals surface area contributed by atoms with Gasteiger partial charge in [-0.1, -0.05) is 30.3 Å². The predicted molar refractivity (Wildman–Crippen MR) is 85.9 cm³/mol. The molecule has 1 aliphatic rings. The van der Waals surface area contributed by atoms with Crippen molar-refractivity contribution in [1.82, 2.24) is 0 Å². The number of aryl methyl sites for hydroxylation is 1. The average Bonchev–Trinajstić information content (AvgIpc) is 2.47. The molecule has 0 fully saturated rings. The van der Waals surface area contributed by atoms with Crippen molar-refractivity contribution in [3.05, 3.63) is 59.7 Å². The Kier molecular flexibility index (Phi) is 3.84. The summed E-state index contributed by atoms with van der Waals surface area (Å²) < 4.78 is 27.1. The van der Waals surface area contributed by atoms with Crippen molar-refractivity contribution in [1.29, 1.82) is 0 Å². The molecule has 0 aliphatic carbocycles.